The summed E-state index contributed by atoms with van der Waals surface area (Å²) in [6.45, 7) is 7.99. The van der Waals surface area contributed by atoms with Gasteiger partial charge in [0.1, 0.15) is 18.2 Å². The monoisotopic (exact) mass is 291 g/mol. The quantitative estimate of drug-likeness (QED) is 0.851. The van der Waals surface area contributed by atoms with Crippen molar-refractivity contribution in [2.24, 2.45) is 0 Å². The summed E-state index contributed by atoms with van der Waals surface area (Å²) in [5.41, 5.74) is 1.63. The van der Waals surface area contributed by atoms with Crippen molar-refractivity contribution in [3.63, 3.8) is 0 Å². The van der Waals surface area contributed by atoms with Gasteiger partial charge in [-0.25, -0.2) is 4.39 Å². The second-order valence-corrected chi connectivity index (χ2v) is 4.96. The summed E-state index contributed by atoms with van der Waals surface area (Å²) in [5.74, 6) is 0.286. The first-order valence-corrected chi connectivity index (χ1v) is 7.31. The molecule has 0 radical (unpaired) electrons. The van der Waals surface area contributed by atoms with Gasteiger partial charge in [0.15, 0.2) is 0 Å². The van der Waals surface area contributed by atoms with Gasteiger partial charge in [-0.3, -0.25) is 4.68 Å². The molecule has 0 aliphatic heterocycles. The Hall–Kier alpha value is -1.88. The highest BCUT2D eigenvalue weighted by Crippen LogP contribution is 2.22. The molecule has 0 bridgehead atoms. The van der Waals surface area contributed by atoms with Gasteiger partial charge < -0.3 is 10.1 Å². The maximum atomic E-state index is 14.1. The van der Waals surface area contributed by atoms with E-state index in [0.717, 1.165) is 18.7 Å². The summed E-state index contributed by atoms with van der Waals surface area (Å²) in [4.78, 5) is 0. The van der Waals surface area contributed by atoms with Crippen LogP contribution in [-0.4, -0.2) is 16.3 Å². The lowest BCUT2D eigenvalue weighted by Gasteiger charge is -2.14. The molecule has 114 valence electrons. The summed E-state index contributed by atoms with van der Waals surface area (Å²) in [7, 11) is 0. The minimum Gasteiger partial charge on any atom is -0.489 e. The van der Waals surface area contributed by atoms with Crippen molar-refractivity contribution in [3.8, 4) is 5.75 Å². The zero-order chi connectivity index (χ0) is 15.2. The van der Waals surface area contributed by atoms with Crippen molar-refractivity contribution in [3.05, 3.63) is 47.5 Å². The Morgan fingerprint density at radius 2 is 2.19 bits per heavy atom. The van der Waals surface area contributed by atoms with Crippen LogP contribution in [0.5, 0.6) is 5.75 Å². The average Bonchev–Trinajstić information content (AvgIpc) is 2.93. The third-order valence-corrected chi connectivity index (χ3v) is 3.36. The molecule has 1 heterocycles. The fourth-order valence-electron chi connectivity index (χ4n) is 2.19. The summed E-state index contributed by atoms with van der Waals surface area (Å²) in [6, 6.07) is 5.00. The summed E-state index contributed by atoms with van der Waals surface area (Å²) >= 11 is 0. The Labute approximate surface area is 124 Å². The number of rotatable bonds is 7. The molecular weight excluding hydrogens is 269 g/mol. The molecule has 1 atom stereocenters. The normalized spacial score (nSPS) is 12.4. The first-order valence-electron chi connectivity index (χ1n) is 7.31. The van der Waals surface area contributed by atoms with Gasteiger partial charge in [0.25, 0.3) is 0 Å². The zero-order valence-corrected chi connectivity index (χ0v) is 12.8. The van der Waals surface area contributed by atoms with E-state index in [2.05, 4.69) is 10.4 Å². The van der Waals surface area contributed by atoms with Crippen molar-refractivity contribution in [1.29, 1.82) is 0 Å². The Morgan fingerprint density at radius 3 is 2.81 bits per heavy atom. The van der Waals surface area contributed by atoms with Gasteiger partial charge in [0, 0.05) is 36.0 Å². The standard InChI is InChI=1S/C16H22FN3O/c1-4-18-12(3)15-7-6-14(8-16(15)17)21-11-13-9-19-20(5-2)10-13/h6-10,12,18H,4-5,11H2,1-3H3. The number of halogens is 1. The zero-order valence-electron chi connectivity index (χ0n) is 12.8. The fourth-order valence-corrected chi connectivity index (χ4v) is 2.19. The molecule has 2 rings (SSSR count). The number of aryl methyl sites for hydroxylation is 1. The predicted octanol–water partition coefficient (Wildman–Crippen LogP) is 3.29. The van der Waals surface area contributed by atoms with E-state index < -0.39 is 0 Å². The van der Waals surface area contributed by atoms with Crippen LogP contribution < -0.4 is 10.1 Å². The van der Waals surface area contributed by atoms with Crippen molar-refractivity contribution >= 4 is 0 Å². The molecule has 0 spiro atoms. The van der Waals surface area contributed by atoms with Crippen molar-refractivity contribution in [1.82, 2.24) is 15.1 Å². The predicted molar refractivity (Wildman–Crippen MR) is 80.7 cm³/mol. The number of nitrogens with zero attached hydrogens (tertiary/aromatic N) is 2. The summed E-state index contributed by atoms with van der Waals surface area (Å²) < 4.78 is 21.5. The van der Waals surface area contributed by atoms with E-state index >= 15 is 0 Å². The van der Waals surface area contributed by atoms with Gasteiger partial charge >= 0.3 is 0 Å². The molecule has 0 fully saturated rings. The van der Waals surface area contributed by atoms with E-state index in [1.165, 1.54) is 6.07 Å². The van der Waals surface area contributed by atoms with Crippen molar-refractivity contribution in [2.45, 2.75) is 40.0 Å². The molecule has 1 N–H and O–H groups in total. The molecule has 1 unspecified atom stereocenters. The molecule has 0 aliphatic rings. The first-order chi connectivity index (χ1) is 10.1. The molecule has 1 aromatic heterocycles. The van der Waals surface area contributed by atoms with Gasteiger partial charge in [-0.2, -0.15) is 5.10 Å². The number of aromatic nitrogens is 2. The van der Waals surface area contributed by atoms with Crippen LogP contribution in [-0.2, 0) is 13.2 Å². The second-order valence-electron chi connectivity index (χ2n) is 4.96. The number of hydrogen-bond acceptors (Lipinski definition) is 3. The van der Waals surface area contributed by atoms with E-state index in [0.29, 0.717) is 17.9 Å². The second kappa shape index (κ2) is 7.22. The topological polar surface area (TPSA) is 39.1 Å². The molecule has 0 saturated heterocycles. The maximum absolute atomic E-state index is 14.1. The van der Waals surface area contributed by atoms with Crippen LogP contribution in [0, 0.1) is 5.82 Å². The molecule has 2 aromatic rings. The van der Waals surface area contributed by atoms with Gasteiger partial charge in [0.2, 0.25) is 0 Å². The van der Waals surface area contributed by atoms with E-state index in [9.17, 15) is 4.39 Å². The number of ether oxygens (including phenoxy) is 1. The number of hydrogen-bond donors (Lipinski definition) is 1. The fraction of sp³-hybridized carbons (Fsp3) is 0.438. The molecule has 5 heteroatoms. The van der Waals surface area contributed by atoms with Crippen molar-refractivity contribution in [2.75, 3.05) is 6.54 Å². The van der Waals surface area contributed by atoms with Crippen molar-refractivity contribution < 1.29 is 9.13 Å². The molecule has 21 heavy (non-hydrogen) atoms. The van der Waals surface area contributed by atoms with Crippen LogP contribution in [0.4, 0.5) is 4.39 Å². The molecule has 0 aliphatic carbocycles. The van der Waals surface area contributed by atoms with E-state index in [1.807, 2.05) is 31.6 Å². The lowest BCUT2D eigenvalue weighted by Crippen LogP contribution is -2.18. The van der Waals surface area contributed by atoms with Crippen LogP contribution in [0.1, 0.15) is 37.9 Å². The lowest BCUT2D eigenvalue weighted by atomic mass is 10.1. The van der Waals surface area contributed by atoms with Gasteiger partial charge in [-0.1, -0.05) is 13.0 Å². The molecule has 0 amide bonds. The minimum atomic E-state index is -0.245. The Balaban J connectivity index is 1.99. The molecule has 0 saturated carbocycles. The molecule has 4 nitrogen and oxygen atoms in total. The van der Waals surface area contributed by atoms with Crippen LogP contribution in [0.3, 0.4) is 0 Å². The average molecular weight is 291 g/mol. The summed E-state index contributed by atoms with van der Waals surface area (Å²) in [5, 5.41) is 7.37. The van der Waals surface area contributed by atoms with E-state index in [1.54, 1.807) is 18.3 Å². The van der Waals surface area contributed by atoms with E-state index in [4.69, 9.17) is 4.74 Å². The van der Waals surface area contributed by atoms with Gasteiger partial charge in [-0.05, 0) is 26.5 Å². The highest BCUT2D eigenvalue weighted by Gasteiger charge is 2.11. The number of nitrogens with one attached hydrogen (secondary N) is 1. The van der Waals surface area contributed by atoms with Crippen LogP contribution >= 0.6 is 0 Å². The maximum Gasteiger partial charge on any atom is 0.131 e. The summed E-state index contributed by atoms with van der Waals surface area (Å²) in [6.07, 6.45) is 3.69. The minimum absolute atomic E-state index is 0.00756. The highest BCUT2D eigenvalue weighted by atomic mass is 19.1. The Morgan fingerprint density at radius 1 is 1.38 bits per heavy atom. The largest absolute Gasteiger partial charge is 0.489 e. The first kappa shape index (κ1) is 15.5. The Kier molecular flexibility index (Phi) is 5.33. The van der Waals surface area contributed by atoms with Crippen LogP contribution in [0.25, 0.3) is 0 Å². The highest BCUT2D eigenvalue weighted by molar-refractivity contribution is 5.30. The van der Waals surface area contributed by atoms with Gasteiger partial charge in [0.05, 0.1) is 6.20 Å². The third kappa shape index (κ3) is 4.04. The molecule has 1 aromatic carbocycles. The smallest absolute Gasteiger partial charge is 0.131 e. The Bertz CT molecular complexity index is 583. The third-order valence-electron chi connectivity index (χ3n) is 3.36. The van der Waals surface area contributed by atoms with Crippen LogP contribution in [0.2, 0.25) is 0 Å². The van der Waals surface area contributed by atoms with Crippen LogP contribution in [0.15, 0.2) is 30.6 Å². The number of benzene rings is 1. The SMILES string of the molecule is CCNC(C)c1ccc(OCc2cnn(CC)c2)cc1F. The lowest BCUT2D eigenvalue weighted by molar-refractivity contribution is 0.304. The van der Waals surface area contributed by atoms with Gasteiger partial charge in [-0.15, -0.1) is 0 Å². The van der Waals surface area contributed by atoms with E-state index in [-0.39, 0.29) is 11.9 Å². The molecular formula is C16H22FN3O.